The Kier molecular flexibility index (Phi) is 4.75. The maximum Gasteiger partial charge on any atom is 0.254 e. The van der Waals surface area contributed by atoms with Gasteiger partial charge in [0.15, 0.2) is 5.82 Å². The van der Waals surface area contributed by atoms with Gasteiger partial charge in [-0.15, -0.1) is 0 Å². The van der Waals surface area contributed by atoms with E-state index in [0.29, 0.717) is 23.0 Å². The van der Waals surface area contributed by atoms with Crippen molar-refractivity contribution in [3.63, 3.8) is 0 Å². The Morgan fingerprint density at radius 1 is 1.13 bits per heavy atom. The van der Waals surface area contributed by atoms with E-state index in [-0.39, 0.29) is 11.9 Å². The fourth-order valence-electron chi connectivity index (χ4n) is 4.09. The number of carbonyl (C=O) groups is 1. The van der Waals surface area contributed by atoms with Crippen LogP contribution in [0.2, 0.25) is 5.02 Å². The van der Waals surface area contributed by atoms with Crippen LogP contribution in [0, 0.1) is 6.92 Å². The number of fused-ring (bicyclic) bond motifs is 1. The molecule has 1 amide bonds. The molecule has 0 spiro atoms. The fourth-order valence-corrected chi connectivity index (χ4v) is 4.21. The van der Waals surface area contributed by atoms with Gasteiger partial charge in [-0.05, 0) is 74.4 Å². The number of amides is 1. The van der Waals surface area contributed by atoms with E-state index in [0.717, 1.165) is 40.8 Å². The number of aromatic nitrogens is 2. The molecule has 3 heterocycles. The summed E-state index contributed by atoms with van der Waals surface area (Å²) >= 11 is 5.99. The molecule has 0 aliphatic carbocycles. The van der Waals surface area contributed by atoms with Crippen molar-refractivity contribution >= 4 is 28.5 Å². The molecule has 6 heteroatoms. The molecule has 30 heavy (non-hydrogen) atoms. The molecule has 1 aliphatic rings. The monoisotopic (exact) mass is 417 g/mol. The summed E-state index contributed by atoms with van der Waals surface area (Å²) in [6.45, 7) is 2.62. The summed E-state index contributed by atoms with van der Waals surface area (Å²) in [5.74, 6) is 1.49. The van der Waals surface area contributed by atoms with Crippen LogP contribution in [0.5, 0.6) is 0 Å². The van der Waals surface area contributed by atoms with Gasteiger partial charge in [0.2, 0.25) is 0 Å². The van der Waals surface area contributed by atoms with Crippen LogP contribution in [0.1, 0.15) is 40.7 Å². The average molecular weight is 418 g/mol. The first-order valence-electron chi connectivity index (χ1n) is 9.98. The van der Waals surface area contributed by atoms with Gasteiger partial charge in [-0.25, -0.2) is 9.97 Å². The minimum atomic E-state index is -0.0617. The number of nitrogens with zero attached hydrogens (tertiary/aromatic N) is 3. The lowest BCUT2D eigenvalue weighted by molar-refractivity contribution is 0.0733. The van der Waals surface area contributed by atoms with E-state index >= 15 is 0 Å². The summed E-state index contributed by atoms with van der Waals surface area (Å²) < 4.78 is 5.63. The Hall–Kier alpha value is -3.18. The van der Waals surface area contributed by atoms with Crippen LogP contribution in [-0.4, -0.2) is 27.3 Å². The molecule has 150 valence electrons. The lowest BCUT2D eigenvalue weighted by Gasteiger charge is -2.24. The van der Waals surface area contributed by atoms with Crippen LogP contribution in [0.15, 0.2) is 65.2 Å². The second kappa shape index (κ2) is 7.58. The number of rotatable bonds is 3. The summed E-state index contributed by atoms with van der Waals surface area (Å²) in [7, 11) is 0. The largest absolute Gasteiger partial charge is 0.461 e. The van der Waals surface area contributed by atoms with Gasteiger partial charge in [0.1, 0.15) is 11.3 Å². The van der Waals surface area contributed by atoms with Gasteiger partial charge in [-0.2, -0.15) is 0 Å². The average Bonchev–Trinajstić information content (AvgIpc) is 3.39. The number of likely N-dealkylation sites (tertiary alicyclic amines) is 1. The number of hydrogen-bond donors (Lipinski definition) is 0. The Morgan fingerprint density at radius 2 is 1.97 bits per heavy atom. The third-order valence-electron chi connectivity index (χ3n) is 5.52. The van der Waals surface area contributed by atoms with Crippen molar-refractivity contribution in [3.05, 3.63) is 82.8 Å². The molecule has 0 saturated carbocycles. The number of furan rings is 1. The normalized spacial score (nSPS) is 16.3. The third-order valence-corrected chi connectivity index (χ3v) is 5.77. The molecule has 5 rings (SSSR count). The first-order chi connectivity index (χ1) is 14.6. The van der Waals surface area contributed by atoms with E-state index in [4.69, 9.17) is 21.0 Å². The lowest BCUT2D eigenvalue weighted by atomic mass is 10.1. The molecule has 2 aromatic carbocycles. The minimum Gasteiger partial charge on any atom is -0.461 e. The minimum absolute atomic E-state index is 0.0184. The molecule has 2 aromatic heterocycles. The summed E-state index contributed by atoms with van der Waals surface area (Å²) in [5, 5.41) is 1.62. The fraction of sp³-hybridized carbons (Fsp3) is 0.208. The molecular weight excluding hydrogens is 398 g/mol. The molecule has 1 aliphatic heterocycles. The zero-order valence-electron chi connectivity index (χ0n) is 16.5. The summed E-state index contributed by atoms with van der Waals surface area (Å²) in [6, 6.07) is 16.9. The Labute approximate surface area is 179 Å². The predicted molar refractivity (Wildman–Crippen MR) is 116 cm³/mol. The van der Waals surface area contributed by atoms with Crippen molar-refractivity contribution in [1.82, 2.24) is 14.9 Å². The molecular formula is C24H20ClN3O2. The maximum absolute atomic E-state index is 13.3. The quantitative estimate of drug-likeness (QED) is 0.421. The summed E-state index contributed by atoms with van der Waals surface area (Å²) in [5.41, 5.74) is 3.23. The van der Waals surface area contributed by atoms with Gasteiger partial charge >= 0.3 is 0 Å². The van der Waals surface area contributed by atoms with E-state index in [1.807, 2.05) is 66.4 Å². The van der Waals surface area contributed by atoms with Gasteiger partial charge in [0, 0.05) is 34.3 Å². The maximum atomic E-state index is 13.3. The SMILES string of the molecule is Cc1cc2cc(C(=O)N3CCCC3c3ccnc(-c4ccc(Cl)cc4)n3)ccc2o1. The number of aryl methyl sites for hydroxylation is 1. The van der Waals surface area contributed by atoms with Gasteiger partial charge in [-0.1, -0.05) is 11.6 Å². The predicted octanol–water partition coefficient (Wildman–Crippen LogP) is 5.83. The lowest BCUT2D eigenvalue weighted by Crippen LogP contribution is -2.31. The van der Waals surface area contributed by atoms with Crippen LogP contribution in [0.25, 0.3) is 22.4 Å². The van der Waals surface area contributed by atoms with Crippen LogP contribution < -0.4 is 0 Å². The van der Waals surface area contributed by atoms with Crippen LogP contribution >= 0.6 is 11.6 Å². The third kappa shape index (κ3) is 3.46. The number of carbonyl (C=O) groups excluding carboxylic acids is 1. The highest BCUT2D eigenvalue weighted by molar-refractivity contribution is 6.30. The standard InChI is InChI=1S/C24H20ClN3O2/c1-15-13-18-14-17(6-9-22(18)30-15)24(29)28-12-2-3-21(28)20-10-11-26-23(27-20)16-4-7-19(25)8-5-16/h4-11,13-14,21H,2-3,12H2,1H3. The Balaban J connectivity index is 1.45. The summed E-state index contributed by atoms with van der Waals surface area (Å²) in [4.78, 5) is 24.4. The first-order valence-corrected chi connectivity index (χ1v) is 10.4. The van der Waals surface area contributed by atoms with Crippen molar-refractivity contribution in [2.75, 3.05) is 6.54 Å². The molecule has 1 fully saturated rings. The van der Waals surface area contributed by atoms with Gasteiger partial charge in [0.05, 0.1) is 11.7 Å². The van der Waals surface area contributed by atoms with Crippen LogP contribution in [0.4, 0.5) is 0 Å². The molecule has 1 atom stereocenters. The second-order valence-electron chi connectivity index (χ2n) is 7.58. The van der Waals surface area contributed by atoms with Gasteiger partial charge < -0.3 is 9.32 Å². The van der Waals surface area contributed by atoms with Gasteiger partial charge in [-0.3, -0.25) is 4.79 Å². The van der Waals surface area contributed by atoms with Crippen molar-refractivity contribution in [1.29, 1.82) is 0 Å². The van der Waals surface area contributed by atoms with E-state index < -0.39 is 0 Å². The Bertz CT molecular complexity index is 1230. The number of benzene rings is 2. The molecule has 4 aromatic rings. The summed E-state index contributed by atoms with van der Waals surface area (Å²) in [6.07, 6.45) is 3.59. The van der Waals surface area contributed by atoms with E-state index in [1.54, 1.807) is 6.20 Å². The molecule has 5 nitrogen and oxygen atoms in total. The van der Waals surface area contributed by atoms with Gasteiger partial charge in [0.25, 0.3) is 5.91 Å². The van der Waals surface area contributed by atoms with Crippen molar-refractivity contribution in [2.45, 2.75) is 25.8 Å². The molecule has 0 bridgehead atoms. The highest BCUT2D eigenvalue weighted by Crippen LogP contribution is 2.33. The molecule has 0 N–H and O–H groups in total. The number of hydrogen-bond acceptors (Lipinski definition) is 4. The Morgan fingerprint density at radius 3 is 2.80 bits per heavy atom. The first kappa shape index (κ1) is 18.8. The van der Waals surface area contributed by atoms with Crippen molar-refractivity contribution in [2.24, 2.45) is 0 Å². The van der Waals surface area contributed by atoms with Crippen molar-refractivity contribution in [3.8, 4) is 11.4 Å². The van der Waals surface area contributed by atoms with Crippen molar-refractivity contribution < 1.29 is 9.21 Å². The van der Waals surface area contributed by atoms with Crippen LogP contribution in [-0.2, 0) is 0 Å². The highest BCUT2D eigenvalue weighted by atomic mass is 35.5. The number of halogens is 1. The second-order valence-corrected chi connectivity index (χ2v) is 8.01. The highest BCUT2D eigenvalue weighted by Gasteiger charge is 2.32. The zero-order chi connectivity index (χ0) is 20.7. The topological polar surface area (TPSA) is 59.2 Å². The van der Waals surface area contributed by atoms with Crippen LogP contribution in [0.3, 0.4) is 0 Å². The molecule has 0 radical (unpaired) electrons. The zero-order valence-corrected chi connectivity index (χ0v) is 17.3. The van der Waals surface area contributed by atoms with E-state index in [1.165, 1.54) is 0 Å². The van der Waals surface area contributed by atoms with E-state index in [9.17, 15) is 4.79 Å². The molecule has 1 unspecified atom stereocenters. The smallest absolute Gasteiger partial charge is 0.254 e. The van der Waals surface area contributed by atoms with E-state index in [2.05, 4.69) is 4.98 Å². The molecule has 1 saturated heterocycles.